The molecular weight excluding hydrogens is 344 g/mol. The molecule has 0 aliphatic heterocycles. The second-order valence-electron chi connectivity index (χ2n) is 5.95. The molecule has 1 aromatic heterocycles. The van der Waals surface area contributed by atoms with Crippen LogP contribution in [0.1, 0.15) is 0 Å². The van der Waals surface area contributed by atoms with E-state index in [9.17, 15) is 4.79 Å². The third-order valence-corrected chi connectivity index (χ3v) is 4.29. The second-order valence-corrected chi connectivity index (χ2v) is 5.95. The van der Waals surface area contributed by atoms with Crippen molar-refractivity contribution in [2.75, 3.05) is 24.9 Å². The topological polar surface area (TPSA) is 72.7 Å². The van der Waals surface area contributed by atoms with Crippen molar-refractivity contribution >= 4 is 39.3 Å². The molecule has 0 saturated heterocycles. The van der Waals surface area contributed by atoms with Crippen LogP contribution >= 0.6 is 0 Å². The van der Waals surface area contributed by atoms with Crippen LogP contribution in [0.4, 0.5) is 16.2 Å². The van der Waals surface area contributed by atoms with Crippen molar-refractivity contribution in [2.24, 2.45) is 0 Å². The highest BCUT2D eigenvalue weighted by Gasteiger charge is 2.14. The SMILES string of the molecule is COc1ccc(NC(=O)Nc2cc3oc4ccccc4c3cc2OC)cc1. The smallest absolute Gasteiger partial charge is 0.323 e. The fourth-order valence-electron chi connectivity index (χ4n) is 2.98. The summed E-state index contributed by atoms with van der Waals surface area (Å²) in [6.45, 7) is 0. The summed E-state index contributed by atoms with van der Waals surface area (Å²) in [5.74, 6) is 1.27. The van der Waals surface area contributed by atoms with Gasteiger partial charge in [0.2, 0.25) is 0 Å². The molecule has 0 aliphatic carbocycles. The molecule has 6 nitrogen and oxygen atoms in total. The summed E-state index contributed by atoms with van der Waals surface area (Å²) in [5, 5.41) is 7.52. The van der Waals surface area contributed by atoms with E-state index < -0.39 is 0 Å². The number of hydrogen-bond donors (Lipinski definition) is 2. The Bertz CT molecular complexity index is 1120. The van der Waals surface area contributed by atoms with Crippen molar-refractivity contribution in [3.8, 4) is 11.5 Å². The number of furan rings is 1. The Labute approximate surface area is 155 Å². The summed E-state index contributed by atoms with van der Waals surface area (Å²) in [6, 6.07) is 18.1. The van der Waals surface area contributed by atoms with Gasteiger partial charge in [-0.1, -0.05) is 18.2 Å². The Morgan fingerprint density at radius 1 is 0.852 bits per heavy atom. The van der Waals surface area contributed by atoms with Gasteiger partial charge in [-0.2, -0.15) is 0 Å². The standard InChI is InChI=1S/C21H18N2O4/c1-25-14-9-7-13(8-10-14)22-21(24)23-17-12-19-16(11-20(17)26-2)15-5-3-4-6-18(15)27-19/h3-12H,1-2H3,(H2,22,23,24). The van der Waals surface area contributed by atoms with Gasteiger partial charge in [-0.15, -0.1) is 0 Å². The predicted molar refractivity (Wildman–Crippen MR) is 106 cm³/mol. The molecule has 0 fully saturated rings. The van der Waals surface area contributed by atoms with Crippen LogP contribution in [0.5, 0.6) is 11.5 Å². The molecule has 0 atom stereocenters. The lowest BCUT2D eigenvalue weighted by Gasteiger charge is -2.11. The Morgan fingerprint density at radius 3 is 2.37 bits per heavy atom. The first-order chi connectivity index (χ1) is 13.2. The van der Waals surface area contributed by atoms with E-state index in [4.69, 9.17) is 13.9 Å². The van der Waals surface area contributed by atoms with Crippen LogP contribution in [0.2, 0.25) is 0 Å². The molecular formula is C21H18N2O4. The van der Waals surface area contributed by atoms with Crippen molar-refractivity contribution < 1.29 is 18.7 Å². The van der Waals surface area contributed by atoms with Crippen LogP contribution in [0, 0.1) is 0 Å². The number of rotatable bonds is 4. The normalized spacial score (nSPS) is 10.7. The lowest BCUT2D eigenvalue weighted by molar-refractivity contribution is 0.262. The van der Waals surface area contributed by atoms with Gasteiger partial charge >= 0.3 is 6.03 Å². The van der Waals surface area contributed by atoms with Crippen LogP contribution in [-0.2, 0) is 0 Å². The molecule has 2 N–H and O–H groups in total. The zero-order valence-corrected chi connectivity index (χ0v) is 14.9. The van der Waals surface area contributed by atoms with E-state index in [2.05, 4.69) is 10.6 Å². The van der Waals surface area contributed by atoms with Gasteiger partial charge < -0.3 is 24.5 Å². The summed E-state index contributed by atoms with van der Waals surface area (Å²) >= 11 is 0. The van der Waals surface area contributed by atoms with Gasteiger partial charge in [0.25, 0.3) is 0 Å². The predicted octanol–water partition coefficient (Wildman–Crippen LogP) is 5.25. The summed E-state index contributed by atoms with van der Waals surface area (Å²) < 4.78 is 16.4. The van der Waals surface area contributed by atoms with E-state index in [1.807, 2.05) is 30.3 Å². The Hall–Kier alpha value is -3.67. The quantitative estimate of drug-likeness (QED) is 0.520. The summed E-state index contributed by atoms with van der Waals surface area (Å²) in [4.78, 5) is 12.4. The molecule has 0 bridgehead atoms. The van der Waals surface area contributed by atoms with Gasteiger partial charge in [0.15, 0.2) is 0 Å². The zero-order valence-electron chi connectivity index (χ0n) is 14.9. The average Bonchev–Trinajstić information content (AvgIpc) is 3.05. The molecule has 0 radical (unpaired) electrons. The van der Waals surface area contributed by atoms with Gasteiger partial charge in [0, 0.05) is 22.5 Å². The molecule has 136 valence electrons. The number of methoxy groups -OCH3 is 2. The molecule has 1 heterocycles. The molecule has 0 spiro atoms. The number of carbonyl (C=O) groups is 1. The maximum absolute atomic E-state index is 12.4. The number of anilines is 2. The summed E-state index contributed by atoms with van der Waals surface area (Å²) in [6.07, 6.45) is 0. The second kappa shape index (κ2) is 6.92. The molecule has 0 saturated carbocycles. The fraction of sp³-hybridized carbons (Fsp3) is 0.0952. The van der Waals surface area contributed by atoms with Crippen molar-refractivity contribution in [2.45, 2.75) is 0 Å². The van der Waals surface area contributed by atoms with Gasteiger partial charge in [-0.05, 0) is 36.4 Å². The minimum atomic E-state index is -0.381. The van der Waals surface area contributed by atoms with Crippen LogP contribution in [0.15, 0.2) is 65.1 Å². The number of carbonyl (C=O) groups excluding carboxylic acids is 1. The van der Waals surface area contributed by atoms with Gasteiger partial charge in [0.1, 0.15) is 22.7 Å². The van der Waals surface area contributed by atoms with E-state index in [0.29, 0.717) is 22.7 Å². The monoisotopic (exact) mass is 362 g/mol. The van der Waals surface area contributed by atoms with Gasteiger partial charge in [0.05, 0.1) is 19.9 Å². The molecule has 4 rings (SSSR count). The van der Waals surface area contributed by atoms with Crippen LogP contribution < -0.4 is 20.1 Å². The van der Waals surface area contributed by atoms with E-state index >= 15 is 0 Å². The lowest BCUT2D eigenvalue weighted by atomic mass is 10.1. The molecule has 0 aliphatic rings. The first-order valence-corrected chi connectivity index (χ1v) is 8.39. The van der Waals surface area contributed by atoms with E-state index in [0.717, 1.165) is 22.1 Å². The number of ether oxygens (including phenoxy) is 2. The van der Waals surface area contributed by atoms with Gasteiger partial charge in [-0.3, -0.25) is 0 Å². The number of amides is 2. The summed E-state index contributed by atoms with van der Waals surface area (Å²) in [5.41, 5.74) is 2.64. The summed E-state index contributed by atoms with van der Waals surface area (Å²) in [7, 11) is 3.16. The fourth-order valence-corrected chi connectivity index (χ4v) is 2.98. The lowest BCUT2D eigenvalue weighted by Crippen LogP contribution is -2.19. The Balaban J connectivity index is 1.61. The van der Waals surface area contributed by atoms with Gasteiger partial charge in [-0.25, -0.2) is 4.79 Å². The highest BCUT2D eigenvalue weighted by Crippen LogP contribution is 2.36. The maximum Gasteiger partial charge on any atom is 0.323 e. The Morgan fingerprint density at radius 2 is 1.63 bits per heavy atom. The Kier molecular flexibility index (Phi) is 4.30. The van der Waals surface area contributed by atoms with E-state index in [1.165, 1.54) is 0 Å². The molecule has 27 heavy (non-hydrogen) atoms. The number of hydrogen-bond acceptors (Lipinski definition) is 4. The highest BCUT2D eigenvalue weighted by atomic mass is 16.5. The maximum atomic E-state index is 12.4. The molecule has 4 aromatic rings. The van der Waals surface area contributed by atoms with Crippen LogP contribution in [0.25, 0.3) is 21.9 Å². The van der Waals surface area contributed by atoms with Crippen LogP contribution in [-0.4, -0.2) is 20.3 Å². The zero-order chi connectivity index (χ0) is 18.8. The van der Waals surface area contributed by atoms with Crippen molar-refractivity contribution in [1.82, 2.24) is 0 Å². The minimum absolute atomic E-state index is 0.381. The molecule has 3 aromatic carbocycles. The number of fused-ring (bicyclic) bond motifs is 3. The third-order valence-electron chi connectivity index (χ3n) is 4.29. The van der Waals surface area contributed by atoms with E-state index in [-0.39, 0.29) is 6.03 Å². The van der Waals surface area contributed by atoms with Crippen LogP contribution in [0.3, 0.4) is 0 Å². The largest absolute Gasteiger partial charge is 0.497 e. The first kappa shape index (κ1) is 16.8. The average molecular weight is 362 g/mol. The number of para-hydroxylation sites is 1. The first-order valence-electron chi connectivity index (χ1n) is 8.39. The minimum Gasteiger partial charge on any atom is -0.497 e. The molecule has 6 heteroatoms. The highest BCUT2D eigenvalue weighted by molar-refractivity contribution is 6.08. The van der Waals surface area contributed by atoms with Crippen molar-refractivity contribution in [3.05, 3.63) is 60.7 Å². The molecule has 2 amide bonds. The van der Waals surface area contributed by atoms with Crippen molar-refractivity contribution in [3.63, 3.8) is 0 Å². The molecule has 0 unspecified atom stereocenters. The number of nitrogens with one attached hydrogen (secondary N) is 2. The number of urea groups is 1. The number of benzene rings is 3. The third kappa shape index (κ3) is 3.25. The van der Waals surface area contributed by atoms with Crippen molar-refractivity contribution in [1.29, 1.82) is 0 Å². The van der Waals surface area contributed by atoms with E-state index in [1.54, 1.807) is 44.6 Å².